The van der Waals surface area contributed by atoms with E-state index in [1.54, 1.807) is 17.0 Å². The Morgan fingerprint density at radius 2 is 1.89 bits per heavy atom. The number of morpholine rings is 1. The molecule has 0 bridgehead atoms. The summed E-state index contributed by atoms with van der Waals surface area (Å²) in [6, 6.07) is 9.64. The average Bonchev–Trinajstić information content (AvgIpc) is 3.48. The standard InChI is InChI=1S/C26H29N5O4/c32-24-13-22-20(23(28-27-22)16-30-6-2-1-3-25(30)33)12-21(24)26(34)31-14-17-4-5-19(11-18(17)15-31)29-7-9-35-10-8-29/h4-5,11-13,32H,1-3,6-10,14-16H2,(H,27,28). The fourth-order valence-electron chi connectivity index (χ4n) is 5.32. The molecular formula is C26H29N5O4. The molecule has 3 aliphatic rings. The summed E-state index contributed by atoms with van der Waals surface area (Å²) in [5.41, 5.74) is 5.04. The maximum Gasteiger partial charge on any atom is 0.258 e. The first kappa shape index (κ1) is 21.9. The van der Waals surface area contributed by atoms with Crippen LogP contribution in [0.4, 0.5) is 5.69 Å². The van der Waals surface area contributed by atoms with Crippen molar-refractivity contribution in [1.82, 2.24) is 20.0 Å². The minimum Gasteiger partial charge on any atom is -0.507 e. The molecule has 0 saturated carbocycles. The highest BCUT2D eigenvalue weighted by atomic mass is 16.5. The maximum absolute atomic E-state index is 13.5. The van der Waals surface area contributed by atoms with E-state index in [9.17, 15) is 14.7 Å². The Morgan fingerprint density at radius 1 is 1.06 bits per heavy atom. The number of aromatic hydroxyl groups is 1. The highest BCUT2D eigenvalue weighted by Crippen LogP contribution is 2.32. The fourth-order valence-corrected chi connectivity index (χ4v) is 5.32. The van der Waals surface area contributed by atoms with Crippen LogP contribution in [0, 0.1) is 0 Å². The number of phenolic OH excluding ortho intramolecular Hbond substituents is 1. The van der Waals surface area contributed by atoms with Crippen molar-refractivity contribution in [3.8, 4) is 5.75 Å². The molecule has 0 atom stereocenters. The second-order valence-corrected chi connectivity index (χ2v) is 9.57. The van der Waals surface area contributed by atoms with Crippen molar-refractivity contribution in [2.24, 2.45) is 0 Å². The molecular weight excluding hydrogens is 446 g/mol. The van der Waals surface area contributed by atoms with Crippen molar-refractivity contribution < 1.29 is 19.4 Å². The van der Waals surface area contributed by atoms with Crippen LogP contribution in [-0.2, 0) is 29.2 Å². The van der Waals surface area contributed by atoms with E-state index in [4.69, 9.17) is 4.74 Å². The van der Waals surface area contributed by atoms with E-state index in [1.807, 2.05) is 4.90 Å². The normalized spacial score (nSPS) is 18.4. The molecule has 1 aromatic heterocycles. The summed E-state index contributed by atoms with van der Waals surface area (Å²) in [5.74, 6) is -0.153. The van der Waals surface area contributed by atoms with Gasteiger partial charge in [0.2, 0.25) is 5.91 Å². The highest BCUT2D eigenvalue weighted by molar-refractivity contribution is 6.01. The summed E-state index contributed by atoms with van der Waals surface area (Å²) in [4.78, 5) is 31.6. The number of benzene rings is 2. The lowest BCUT2D eigenvalue weighted by molar-refractivity contribution is -0.133. The summed E-state index contributed by atoms with van der Waals surface area (Å²) in [5, 5.41) is 18.7. The molecule has 182 valence electrons. The van der Waals surface area contributed by atoms with Gasteiger partial charge in [-0.2, -0.15) is 5.10 Å². The van der Waals surface area contributed by atoms with Gasteiger partial charge in [-0.25, -0.2) is 0 Å². The van der Waals surface area contributed by atoms with E-state index in [0.29, 0.717) is 37.3 Å². The number of nitrogens with one attached hydrogen (secondary N) is 1. The maximum atomic E-state index is 13.5. The van der Waals surface area contributed by atoms with Gasteiger partial charge in [-0.3, -0.25) is 14.7 Å². The van der Waals surface area contributed by atoms with E-state index >= 15 is 0 Å². The second kappa shape index (κ2) is 8.88. The summed E-state index contributed by atoms with van der Waals surface area (Å²) in [6.45, 7) is 5.32. The monoisotopic (exact) mass is 475 g/mol. The molecule has 9 nitrogen and oxygen atoms in total. The fraction of sp³-hybridized carbons (Fsp3) is 0.423. The molecule has 9 heteroatoms. The molecule has 35 heavy (non-hydrogen) atoms. The zero-order chi connectivity index (χ0) is 23.9. The van der Waals surface area contributed by atoms with Gasteiger partial charge in [0, 0.05) is 56.3 Å². The van der Waals surface area contributed by atoms with Gasteiger partial charge in [-0.1, -0.05) is 6.07 Å². The van der Waals surface area contributed by atoms with Gasteiger partial charge in [0.05, 0.1) is 36.5 Å². The van der Waals surface area contributed by atoms with Crippen molar-refractivity contribution >= 4 is 28.4 Å². The summed E-state index contributed by atoms with van der Waals surface area (Å²) >= 11 is 0. The first-order chi connectivity index (χ1) is 17.1. The van der Waals surface area contributed by atoms with Crippen molar-refractivity contribution in [3.05, 3.63) is 52.7 Å². The second-order valence-electron chi connectivity index (χ2n) is 9.57. The van der Waals surface area contributed by atoms with Crippen LogP contribution in [-0.4, -0.2) is 69.8 Å². The number of hydrogen-bond donors (Lipinski definition) is 2. The number of anilines is 1. The van der Waals surface area contributed by atoms with Crippen molar-refractivity contribution in [1.29, 1.82) is 0 Å². The number of carbonyl (C=O) groups is 2. The predicted octanol–water partition coefficient (Wildman–Crippen LogP) is 2.77. The molecule has 0 unspecified atom stereocenters. The number of phenols is 1. The lowest BCUT2D eigenvalue weighted by Crippen LogP contribution is -2.36. The Bertz CT molecular complexity index is 1300. The van der Waals surface area contributed by atoms with Crippen molar-refractivity contribution in [2.45, 2.75) is 38.9 Å². The number of amides is 2. The third-order valence-electron chi connectivity index (χ3n) is 7.33. The SMILES string of the molecule is O=C1CCCCN1Cc1n[nH]c2cc(O)c(C(=O)N3Cc4ccc(N5CCOCC5)cc4C3)cc12. The molecule has 3 aliphatic heterocycles. The Morgan fingerprint density at radius 3 is 2.71 bits per heavy atom. The molecule has 0 spiro atoms. The molecule has 6 rings (SSSR count). The molecule has 2 N–H and O–H groups in total. The zero-order valence-electron chi connectivity index (χ0n) is 19.6. The number of ether oxygens (including phenoxy) is 1. The number of aromatic nitrogens is 2. The lowest BCUT2D eigenvalue weighted by Gasteiger charge is -2.29. The minimum absolute atomic E-state index is 0.0725. The smallest absolute Gasteiger partial charge is 0.258 e. The van der Waals surface area contributed by atoms with Gasteiger partial charge >= 0.3 is 0 Å². The lowest BCUT2D eigenvalue weighted by atomic mass is 10.1. The molecule has 2 amide bonds. The zero-order valence-corrected chi connectivity index (χ0v) is 19.6. The van der Waals surface area contributed by atoms with Gasteiger partial charge in [0.15, 0.2) is 0 Å². The topological polar surface area (TPSA) is 102 Å². The van der Waals surface area contributed by atoms with Crippen LogP contribution in [0.15, 0.2) is 30.3 Å². The van der Waals surface area contributed by atoms with Crippen LogP contribution in [0.1, 0.15) is 46.4 Å². The summed E-state index contributed by atoms with van der Waals surface area (Å²) in [6.07, 6.45) is 2.48. The van der Waals surface area contributed by atoms with Gasteiger partial charge < -0.3 is 24.5 Å². The van der Waals surface area contributed by atoms with Gasteiger partial charge in [0.25, 0.3) is 5.91 Å². The largest absolute Gasteiger partial charge is 0.507 e. The summed E-state index contributed by atoms with van der Waals surface area (Å²) < 4.78 is 5.46. The summed E-state index contributed by atoms with van der Waals surface area (Å²) in [7, 11) is 0. The van der Waals surface area contributed by atoms with Crippen LogP contribution in [0.2, 0.25) is 0 Å². The van der Waals surface area contributed by atoms with Crippen LogP contribution in [0.25, 0.3) is 10.9 Å². The number of nitrogens with zero attached hydrogens (tertiary/aromatic N) is 4. The first-order valence-corrected chi connectivity index (χ1v) is 12.3. The van der Waals surface area contributed by atoms with Crippen LogP contribution in [0.5, 0.6) is 5.75 Å². The van der Waals surface area contributed by atoms with E-state index in [1.165, 1.54) is 0 Å². The van der Waals surface area contributed by atoms with Crippen LogP contribution >= 0.6 is 0 Å². The Balaban J connectivity index is 1.23. The Hall–Kier alpha value is -3.59. The number of aromatic amines is 1. The molecule has 0 radical (unpaired) electrons. The number of piperidine rings is 1. The predicted molar refractivity (Wildman–Crippen MR) is 130 cm³/mol. The Kier molecular flexibility index (Phi) is 5.56. The number of H-pyrrole nitrogens is 1. The first-order valence-electron chi connectivity index (χ1n) is 12.3. The average molecular weight is 476 g/mol. The quantitative estimate of drug-likeness (QED) is 0.602. The molecule has 2 aromatic carbocycles. The van der Waals surface area contributed by atoms with Gasteiger partial charge in [-0.05, 0) is 42.2 Å². The van der Waals surface area contributed by atoms with E-state index in [-0.39, 0.29) is 23.1 Å². The molecule has 2 saturated heterocycles. The van der Waals surface area contributed by atoms with Crippen molar-refractivity contribution in [2.75, 3.05) is 37.7 Å². The van der Waals surface area contributed by atoms with E-state index < -0.39 is 0 Å². The number of carbonyl (C=O) groups excluding carboxylic acids is 2. The molecule has 2 fully saturated rings. The Labute approximate surface area is 203 Å². The third-order valence-corrected chi connectivity index (χ3v) is 7.33. The van der Waals surface area contributed by atoms with E-state index in [0.717, 1.165) is 67.9 Å². The number of likely N-dealkylation sites (tertiary alicyclic amines) is 1. The van der Waals surface area contributed by atoms with Crippen LogP contribution < -0.4 is 4.90 Å². The van der Waals surface area contributed by atoms with Crippen LogP contribution in [0.3, 0.4) is 0 Å². The van der Waals surface area contributed by atoms with Crippen molar-refractivity contribution in [3.63, 3.8) is 0 Å². The van der Waals surface area contributed by atoms with E-state index in [2.05, 4.69) is 33.3 Å². The number of fused-ring (bicyclic) bond motifs is 2. The number of hydrogen-bond acceptors (Lipinski definition) is 6. The molecule has 4 heterocycles. The number of rotatable bonds is 4. The minimum atomic E-state index is -0.213. The van der Waals surface area contributed by atoms with Gasteiger partial charge in [-0.15, -0.1) is 0 Å². The molecule has 0 aliphatic carbocycles. The van der Waals surface area contributed by atoms with Gasteiger partial charge in [0.1, 0.15) is 5.75 Å². The molecule has 3 aromatic rings. The third kappa shape index (κ3) is 4.10. The highest BCUT2D eigenvalue weighted by Gasteiger charge is 2.28.